The minimum absolute atomic E-state index is 0.149. The van der Waals surface area contributed by atoms with Crippen LogP contribution in [0.15, 0.2) is 91.0 Å². The molecule has 3 aliphatic rings. The molecule has 3 aromatic carbocycles. The number of hydrogen-bond donors (Lipinski definition) is 0. The van der Waals surface area contributed by atoms with Gasteiger partial charge in [-0.1, -0.05) is 91.0 Å². The average molecular weight is 519 g/mol. The first-order chi connectivity index (χ1) is 18.7. The first-order valence-electron chi connectivity index (χ1n) is 12.8. The highest BCUT2D eigenvalue weighted by Crippen LogP contribution is 2.42. The van der Waals surface area contributed by atoms with Gasteiger partial charge in [0.2, 0.25) is 0 Å². The summed E-state index contributed by atoms with van der Waals surface area (Å²) >= 11 is 0. The maximum atomic E-state index is 12.0. The Labute approximate surface area is 221 Å². The zero-order valence-corrected chi connectivity index (χ0v) is 21.0. The Kier molecular flexibility index (Phi) is 7.51. The smallest absolute Gasteiger partial charge is 0.303 e. The van der Waals surface area contributed by atoms with E-state index in [2.05, 4.69) is 0 Å². The van der Waals surface area contributed by atoms with E-state index in [1.54, 1.807) is 0 Å². The lowest BCUT2D eigenvalue weighted by atomic mass is 9.95. The van der Waals surface area contributed by atoms with Gasteiger partial charge in [-0.15, -0.1) is 0 Å². The lowest BCUT2D eigenvalue weighted by molar-refractivity contribution is -0.391. The van der Waals surface area contributed by atoms with Gasteiger partial charge in [-0.25, -0.2) is 0 Å². The van der Waals surface area contributed by atoms with Crippen LogP contribution in [0.3, 0.4) is 0 Å². The normalized spacial score (nSPS) is 33.2. The molecule has 38 heavy (non-hydrogen) atoms. The Morgan fingerprint density at radius 2 is 1.08 bits per heavy atom. The highest BCUT2D eigenvalue weighted by atomic mass is 16.8. The van der Waals surface area contributed by atoms with Gasteiger partial charge in [0.05, 0.1) is 13.2 Å². The first kappa shape index (κ1) is 25.2. The number of carbonyl (C=O) groups excluding carboxylic acids is 1. The average Bonchev–Trinajstić information content (AvgIpc) is 2.98. The van der Waals surface area contributed by atoms with Crippen LogP contribution in [0.4, 0.5) is 0 Å². The Bertz CT molecular complexity index is 1190. The van der Waals surface area contributed by atoms with E-state index < -0.39 is 55.4 Å². The molecule has 8 nitrogen and oxygen atoms in total. The van der Waals surface area contributed by atoms with Crippen molar-refractivity contribution in [3.8, 4) is 0 Å². The van der Waals surface area contributed by atoms with Crippen LogP contribution in [-0.4, -0.2) is 49.7 Å². The molecule has 3 aromatic rings. The second-order valence-electron chi connectivity index (χ2n) is 9.52. The summed E-state index contributed by atoms with van der Waals surface area (Å²) in [5, 5.41) is 0. The molecule has 0 bridgehead atoms. The molecule has 8 heteroatoms. The minimum atomic E-state index is -0.700. The van der Waals surface area contributed by atoms with Gasteiger partial charge in [0.25, 0.3) is 0 Å². The third kappa shape index (κ3) is 5.37. The third-order valence-corrected chi connectivity index (χ3v) is 6.88. The van der Waals surface area contributed by atoms with Crippen LogP contribution >= 0.6 is 0 Å². The zero-order chi connectivity index (χ0) is 25.9. The van der Waals surface area contributed by atoms with Gasteiger partial charge >= 0.3 is 5.97 Å². The molecule has 8 atom stereocenters. The summed E-state index contributed by atoms with van der Waals surface area (Å²) in [4.78, 5) is 12.0. The zero-order valence-electron chi connectivity index (χ0n) is 21.0. The summed E-state index contributed by atoms with van der Waals surface area (Å²) in [6.45, 7) is 1.82. The fourth-order valence-corrected chi connectivity index (χ4v) is 5.11. The molecule has 198 valence electrons. The molecule has 0 unspecified atom stereocenters. The van der Waals surface area contributed by atoms with E-state index in [0.29, 0.717) is 6.61 Å². The van der Waals surface area contributed by atoms with Gasteiger partial charge in [0.1, 0.15) is 24.4 Å². The van der Waals surface area contributed by atoms with Gasteiger partial charge in [-0.2, -0.15) is 0 Å². The van der Waals surface area contributed by atoms with Crippen LogP contribution in [0, 0.1) is 0 Å². The number of ether oxygens (including phenoxy) is 7. The van der Waals surface area contributed by atoms with Gasteiger partial charge in [0, 0.05) is 23.6 Å². The SMILES string of the molecule is CC(=O)O[C@H]1CO[C@@H](c2ccccc2)O[C@@H]1[C@H]1O[C@@H](c2ccccc2)O[C@@H]2CO[C@H](c3ccccc3)O[C@H]12. The van der Waals surface area contributed by atoms with Crippen molar-refractivity contribution in [2.45, 2.75) is 56.3 Å². The first-order valence-corrected chi connectivity index (χ1v) is 12.8. The van der Waals surface area contributed by atoms with Gasteiger partial charge in [0.15, 0.2) is 25.0 Å². The van der Waals surface area contributed by atoms with Crippen molar-refractivity contribution >= 4 is 5.97 Å². The highest BCUT2D eigenvalue weighted by molar-refractivity contribution is 5.66. The standard InChI is InChI=1S/C30H30O8/c1-19(31)34-23-17-32-28(20-11-5-2-6-12-20)36-25(23)27-26-24(35-30(38-27)22-15-9-4-10-16-22)18-33-29(37-26)21-13-7-3-8-14-21/h2-16,23-30H,17-18H2,1H3/t23-,24+,25-,26-,27+,28+,29-,30-/m0/s1. The highest BCUT2D eigenvalue weighted by Gasteiger charge is 2.53. The molecule has 0 aromatic heterocycles. The summed E-state index contributed by atoms with van der Waals surface area (Å²) in [5.41, 5.74) is 2.61. The van der Waals surface area contributed by atoms with Crippen molar-refractivity contribution in [2.24, 2.45) is 0 Å². The van der Waals surface area contributed by atoms with Crippen molar-refractivity contribution in [1.29, 1.82) is 0 Å². The number of rotatable bonds is 5. The third-order valence-electron chi connectivity index (χ3n) is 6.88. The molecule has 0 N–H and O–H groups in total. The predicted molar refractivity (Wildman–Crippen MR) is 134 cm³/mol. The largest absolute Gasteiger partial charge is 0.457 e. The molecule has 0 saturated carbocycles. The molecule has 0 amide bonds. The molecule has 3 aliphatic heterocycles. The van der Waals surface area contributed by atoms with Crippen molar-refractivity contribution in [1.82, 2.24) is 0 Å². The van der Waals surface area contributed by atoms with E-state index in [4.69, 9.17) is 33.2 Å². The predicted octanol–water partition coefficient (Wildman–Crippen LogP) is 4.63. The maximum absolute atomic E-state index is 12.0. The Balaban J connectivity index is 1.34. The van der Waals surface area contributed by atoms with E-state index in [0.717, 1.165) is 16.7 Å². The van der Waals surface area contributed by atoms with Crippen LogP contribution in [0.2, 0.25) is 0 Å². The summed E-state index contributed by atoms with van der Waals surface area (Å²) in [7, 11) is 0. The van der Waals surface area contributed by atoms with E-state index >= 15 is 0 Å². The molecule has 0 radical (unpaired) electrons. The van der Waals surface area contributed by atoms with E-state index in [9.17, 15) is 4.79 Å². The lowest BCUT2D eigenvalue weighted by Crippen LogP contribution is -2.62. The number of hydrogen-bond acceptors (Lipinski definition) is 8. The van der Waals surface area contributed by atoms with Crippen LogP contribution in [0.5, 0.6) is 0 Å². The monoisotopic (exact) mass is 518 g/mol. The van der Waals surface area contributed by atoms with E-state index in [1.165, 1.54) is 6.92 Å². The van der Waals surface area contributed by atoms with Crippen LogP contribution in [0.25, 0.3) is 0 Å². The number of esters is 1. The van der Waals surface area contributed by atoms with Gasteiger partial charge < -0.3 is 33.2 Å². The molecular formula is C30H30O8. The summed E-state index contributed by atoms with van der Waals surface area (Å²) < 4.78 is 43.7. The molecule has 6 rings (SSSR count). The van der Waals surface area contributed by atoms with E-state index in [1.807, 2.05) is 91.0 Å². The molecular weight excluding hydrogens is 488 g/mol. The number of benzene rings is 3. The molecule has 0 spiro atoms. The Morgan fingerprint density at radius 1 is 0.605 bits per heavy atom. The topological polar surface area (TPSA) is 81.7 Å². The molecule has 3 saturated heterocycles. The second-order valence-corrected chi connectivity index (χ2v) is 9.52. The maximum Gasteiger partial charge on any atom is 0.303 e. The minimum Gasteiger partial charge on any atom is -0.457 e. The molecule has 3 fully saturated rings. The summed E-state index contributed by atoms with van der Waals surface area (Å²) in [6.07, 6.45) is -4.94. The van der Waals surface area contributed by atoms with Crippen LogP contribution in [-0.2, 0) is 38.0 Å². The van der Waals surface area contributed by atoms with Gasteiger partial charge in [-0.3, -0.25) is 4.79 Å². The summed E-state index contributed by atoms with van der Waals surface area (Å²) in [5.74, 6) is -0.427. The summed E-state index contributed by atoms with van der Waals surface area (Å²) in [6, 6.07) is 29.1. The van der Waals surface area contributed by atoms with Crippen molar-refractivity contribution in [3.05, 3.63) is 108 Å². The Morgan fingerprint density at radius 3 is 1.63 bits per heavy atom. The molecule has 0 aliphatic carbocycles. The Hall–Kier alpha value is -3.11. The van der Waals surface area contributed by atoms with Crippen molar-refractivity contribution < 1.29 is 38.0 Å². The second kappa shape index (κ2) is 11.3. The van der Waals surface area contributed by atoms with Crippen LogP contribution in [0.1, 0.15) is 42.5 Å². The fraction of sp³-hybridized carbons (Fsp3) is 0.367. The van der Waals surface area contributed by atoms with Gasteiger partial charge in [-0.05, 0) is 0 Å². The lowest BCUT2D eigenvalue weighted by Gasteiger charge is -2.50. The number of carbonyl (C=O) groups is 1. The quantitative estimate of drug-likeness (QED) is 0.453. The molecule has 3 heterocycles. The fourth-order valence-electron chi connectivity index (χ4n) is 5.11. The van der Waals surface area contributed by atoms with Crippen molar-refractivity contribution in [2.75, 3.05) is 13.2 Å². The van der Waals surface area contributed by atoms with Crippen molar-refractivity contribution in [3.63, 3.8) is 0 Å². The van der Waals surface area contributed by atoms with Crippen LogP contribution < -0.4 is 0 Å². The number of fused-ring (bicyclic) bond motifs is 1. The van der Waals surface area contributed by atoms with E-state index in [-0.39, 0.29) is 6.61 Å².